The minimum Gasteiger partial charge on any atom is -0.391 e. The molecule has 3 N–H and O–H groups in total. The van der Waals surface area contributed by atoms with Crippen LogP contribution >= 0.6 is 0 Å². The number of primary amides is 1. The van der Waals surface area contributed by atoms with Gasteiger partial charge in [-0.05, 0) is 6.42 Å². The maximum absolute atomic E-state index is 11.1. The molecule has 67 valence electrons. The fraction of sp³-hybridized carbons (Fsp3) is 0.571. The number of nitrogens with two attached hydrogens (primary N) is 1. The van der Waals surface area contributed by atoms with Crippen LogP contribution in [-0.2, 0) is 9.59 Å². The molecule has 1 radical (unpaired) electrons. The van der Waals surface area contributed by atoms with Crippen molar-refractivity contribution in [2.45, 2.75) is 12.5 Å². The summed E-state index contributed by atoms with van der Waals surface area (Å²) in [5, 5.41) is 9.06. The highest BCUT2D eigenvalue weighted by Gasteiger charge is 2.25. The monoisotopic (exact) mass is 171 g/mol. The van der Waals surface area contributed by atoms with Gasteiger partial charge in [0.2, 0.25) is 11.8 Å². The van der Waals surface area contributed by atoms with E-state index in [1.165, 1.54) is 4.90 Å². The van der Waals surface area contributed by atoms with Crippen molar-refractivity contribution in [2.24, 2.45) is 5.73 Å². The summed E-state index contributed by atoms with van der Waals surface area (Å²) in [5.41, 5.74) is 4.79. The van der Waals surface area contributed by atoms with E-state index in [1.807, 2.05) is 0 Å². The molecule has 5 heteroatoms. The van der Waals surface area contributed by atoms with Crippen molar-refractivity contribution >= 4 is 11.8 Å². The molecule has 0 spiro atoms. The van der Waals surface area contributed by atoms with Crippen LogP contribution in [0.2, 0.25) is 0 Å². The molecule has 1 heterocycles. The molecule has 0 aliphatic carbocycles. The van der Waals surface area contributed by atoms with Crippen LogP contribution in [0.25, 0.3) is 0 Å². The first-order valence-corrected chi connectivity index (χ1v) is 3.71. The van der Waals surface area contributed by atoms with Gasteiger partial charge in [-0.1, -0.05) is 0 Å². The third kappa shape index (κ3) is 2.20. The topological polar surface area (TPSA) is 83.6 Å². The summed E-state index contributed by atoms with van der Waals surface area (Å²) in [6.07, 6.45) is 0.936. The normalized spacial score (nSPS) is 22.8. The quantitative estimate of drug-likeness (QED) is 0.484. The highest BCUT2D eigenvalue weighted by molar-refractivity contribution is 6.07. The first kappa shape index (κ1) is 8.99. The van der Waals surface area contributed by atoms with Gasteiger partial charge in [0.05, 0.1) is 6.10 Å². The molecule has 12 heavy (non-hydrogen) atoms. The number of amides is 2. The molecule has 0 unspecified atom stereocenters. The smallest absolute Gasteiger partial charge is 0.236 e. The third-order valence-electron chi connectivity index (χ3n) is 1.74. The summed E-state index contributed by atoms with van der Waals surface area (Å²) < 4.78 is 0. The van der Waals surface area contributed by atoms with Crippen LogP contribution in [-0.4, -0.2) is 41.0 Å². The van der Waals surface area contributed by atoms with Crippen LogP contribution in [0.4, 0.5) is 0 Å². The van der Waals surface area contributed by atoms with E-state index in [-0.39, 0.29) is 0 Å². The number of rotatable bonds is 2. The second-order valence-electron chi connectivity index (χ2n) is 2.77. The number of carbonyl (C=O) groups is 2. The SMILES string of the molecule is NC(=O)[CH]C(=O)N1CC[C@@H](O)C1. The van der Waals surface area contributed by atoms with Crippen molar-refractivity contribution < 1.29 is 14.7 Å². The number of carbonyl (C=O) groups excluding carboxylic acids is 2. The zero-order chi connectivity index (χ0) is 9.14. The number of hydrogen-bond donors (Lipinski definition) is 2. The van der Waals surface area contributed by atoms with E-state index >= 15 is 0 Å². The Balaban J connectivity index is 2.38. The summed E-state index contributed by atoms with van der Waals surface area (Å²) >= 11 is 0. The van der Waals surface area contributed by atoms with Crippen LogP contribution < -0.4 is 5.73 Å². The van der Waals surface area contributed by atoms with Gasteiger partial charge in [0, 0.05) is 13.1 Å². The van der Waals surface area contributed by atoms with Crippen molar-refractivity contribution in [2.75, 3.05) is 13.1 Å². The summed E-state index contributed by atoms with van der Waals surface area (Å²) in [7, 11) is 0. The van der Waals surface area contributed by atoms with Gasteiger partial charge in [-0.15, -0.1) is 0 Å². The Morgan fingerprint density at radius 1 is 1.58 bits per heavy atom. The van der Waals surface area contributed by atoms with Gasteiger partial charge < -0.3 is 15.7 Å². The highest BCUT2D eigenvalue weighted by Crippen LogP contribution is 2.09. The van der Waals surface area contributed by atoms with Crippen molar-refractivity contribution in [1.29, 1.82) is 0 Å². The predicted octanol–water partition coefficient (Wildman–Crippen LogP) is -1.73. The minimum atomic E-state index is -0.749. The lowest BCUT2D eigenvalue weighted by Crippen LogP contribution is -2.33. The van der Waals surface area contributed by atoms with Crippen LogP contribution in [0, 0.1) is 6.42 Å². The molecule has 2 amide bonds. The van der Waals surface area contributed by atoms with E-state index in [9.17, 15) is 9.59 Å². The standard InChI is InChI=1S/C7H11N2O3/c8-6(11)3-7(12)9-2-1-5(10)4-9/h3,5,10H,1-2,4H2,(H2,8,11)/t5-/m1/s1. The third-order valence-corrected chi connectivity index (χ3v) is 1.74. The predicted molar refractivity (Wildman–Crippen MR) is 40.7 cm³/mol. The summed E-state index contributed by atoms with van der Waals surface area (Å²) in [5.74, 6) is -1.17. The number of aliphatic hydroxyl groups is 1. The molecule has 1 aliphatic heterocycles. The Morgan fingerprint density at radius 3 is 2.67 bits per heavy atom. The molecule has 1 rings (SSSR count). The lowest BCUT2D eigenvalue weighted by molar-refractivity contribution is -0.129. The molecule has 0 saturated carbocycles. The Morgan fingerprint density at radius 2 is 2.25 bits per heavy atom. The molecule has 5 nitrogen and oxygen atoms in total. The maximum Gasteiger partial charge on any atom is 0.236 e. The Labute approximate surface area is 70.1 Å². The van der Waals surface area contributed by atoms with Gasteiger partial charge in [0.15, 0.2) is 0 Å². The van der Waals surface area contributed by atoms with Gasteiger partial charge in [-0.2, -0.15) is 0 Å². The van der Waals surface area contributed by atoms with Gasteiger partial charge >= 0.3 is 0 Å². The van der Waals surface area contributed by atoms with Crippen LogP contribution in [0.5, 0.6) is 0 Å². The molecule has 1 aliphatic rings. The van der Waals surface area contributed by atoms with Crippen molar-refractivity contribution in [3.63, 3.8) is 0 Å². The van der Waals surface area contributed by atoms with Crippen molar-refractivity contribution in [3.8, 4) is 0 Å². The Bertz CT molecular complexity index is 205. The average Bonchev–Trinajstić information content (AvgIpc) is 2.34. The second-order valence-corrected chi connectivity index (χ2v) is 2.77. The Hall–Kier alpha value is -1.10. The fourth-order valence-electron chi connectivity index (χ4n) is 1.15. The van der Waals surface area contributed by atoms with Crippen molar-refractivity contribution in [3.05, 3.63) is 6.42 Å². The van der Waals surface area contributed by atoms with E-state index in [1.54, 1.807) is 0 Å². The molecule has 1 saturated heterocycles. The lowest BCUT2D eigenvalue weighted by atomic mass is 10.3. The first-order valence-electron chi connectivity index (χ1n) is 3.71. The van der Waals surface area contributed by atoms with Gasteiger partial charge in [0.25, 0.3) is 0 Å². The van der Waals surface area contributed by atoms with Crippen LogP contribution in [0.15, 0.2) is 0 Å². The second kappa shape index (κ2) is 3.53. The minimum absolute atomic E-state index is 0.294. The van der Waals surface area contributed by atoms with Crippen molar-refractivity contribution in [1.82, 2.24) is 4.90 Å². The number of likely N-dealkylation sites (tertiary alicyclic amines) is 1. The summed E-state index contributed by atoms with van der Waals surface area (Å²) in [6.45, 7) is 0.784. The van der Waals surface area contributed by atoms with E-state index < -0.39 is 17.9 Å². The molecule has 1 atom stereocenters. The maximum atomic E-state index is 11.1. The highest BCUT2D eigenvalue weighted by atomic mass is 16.3. The zero-order valence-corrected chi connectivity index (χ0v) is 6.56. The van der Waals surface area contributed by atoms with E-state index in [0.29, 0.717) is 19.5 Å². The van der Waals surface area contributed by atoms with Crippen LogP contribution in [0.3, 0.4) is 0 Å². The number of β-amino-alcohol motifs (C(OH)–C–C–N with tert-alkyl or cyclic N) is 1. The number of hydrogen-bond acceptors (Lipinski definition) is 3. The molecular formula is C7H11N2O3. The molecule has 1 fully saturated rings. The van der Waals surface area contributed by atoms with Gasteiger partial charge in [0.1, 0.15) is 6.42 Å². The van der Waals surface area contributed by atoms with E-state index in [0.717, 1.165) is 6.42 Å². The lowest BCUT2D eigenvalue weighted by Gasteiger charge is -2.13. The molecular weight excluding hydrogens is 160 g/mol. The number of aliphatic hydroxyl groups excluding tert-OH is 1. The molecule has 0 aromatic carbocycles. The van der Waals surface area contributed by atoms with Crippen LogP contribution in [0.1, 0.15) is 6.42 Å². The van der Waals surface area contributed by atoms with Gasteiger partial charge in [-0.25, -0.2) is 0 Å². The average molecular weight is 171 g/mol. The summed E-state index contributed by atoms with van der Waals surface area (Å²) in [6, 6.07) is 0. The first-order chi connectivity index (χ1) is 5.59. The largest absolute Gasteiger partial charge is 0.391 e. The van der Waals surface area contributed by atoms with E-state index in [2.05, 4.69) is 0 Å². The van der Waals surface area contributed by atoms with E-state index in [4.69, 9.17) is 10.8 Å². The van der Waals surface area contributed by atoms with Gasteiger partial charge in [-0.3, -0.25) is 9.59 Å². The zero-order valence-electron chi connectivity index (χ0n) is 6.56. The molecule has 0 aromatic rings. The molecule has 0 aromatic heterocycles. The number of nitrogens with zero attached hydrogens (tertiary/aromatic N) is 1. The summed E-state index contributed by atoms with van der Waals surface area (Å²) in [4.78, 5) is 22.8. The fourth-order valence-corrected chi connectivity index (χ4v) is 1.15. The Kier molecular flexibility index (Phi) is 2.65. The molecule has 0 bridgehead atoms.